The van der Waals surface area contributed by atoms with Gasteiger partial charge in [-0.05, 0) is 105 Å². The second kappa shape index (κ2) is 18.2. The summed E-state index contributed by atoms with van der Waals surface area (Å²) in [6.07, 6.45) is 7.45. The van der Waals surface area contributed by atoms with Crippen molar-refractivity contribution >= 4 is 59.3 Å². The number of urea groups is 2. The minimum Gasteiger partial charge on any atom is -0.480 e. The van der Waals surface area contributed by atoms with Crippen LogP contribution in [0.2, 0.25) is 0 Å². The maximum atomic E-state index is 13.3. The van der Waals surface area contributed by atoms with Crippen LogP contribution in [0.3, 0.4) is 0 Å². The highest BCUT2D eigenvalue weighted by molar-refractivity contribution is 6.07. The predicted molar refractivity (Wildman–Crippen MR) is 228 cm³/mol. The first-order valence-electron chi connectivity index (χ1n) is 20.8. The summed E-state index contributed by atoms with van der Waals surface area (Å²) in [6, 6.07) is 10.5. The molecule has 6 unspecified atom stereocenters. The highest BCUT2D eigenvalue weighted by atomic mass is 16.6. The van der Waals surface area contributed by atoms with E-state index in [0.29, 0.717) is 52.6 Å². The van der Waals surface area contributed by atoms with Crippen LogP contribution < -0.4 is 26.6 Å². The summed E-state index contributed by atoms with van der Waals surface area (Å²) >= 11 is 0. The second-order valence-electron chi connectivity index (χ2n) is 16.9. The predicted octanol–water partition coefficient (Wildman–Crippen LogP) is 4.24. The van der Waals surface area contributed by atoms with Crippen LogP contribution in [0.15, 0.2) is 36.4 Å². The molecule has 4 aliphatic carbocycles. The van der Waals surface area contributed by atoms with Crippen molar-refractivity contribution in [3.8, 4) is 0 Å². The van der Waals surface area contributed by atoms with Gasteiger partial charge >= 0.3 is 30.2 Å². The Morgan fingerprint density at radius 2 is 1.25 bits per heavy atom. The van der Waals surface area contributed by atoms with Gasteiger partial charge in [-0.25, -0.2) is 29.0 Å². The van der Waals surface area contributed by atoms with Crippen LogP contribution >= 0.6 is 0 Å². The molecule has 4 saturated heterocycles. The number of anilines is 2. The summed E-state index contributed by atoms with van der Waals surface area (Å²) in [5.41, 5.74) is 1.06. The Hall–Kier alpha value is -6.24. The molecule has 10 rings (SSSR count). The zero-order chi connectivity index (χ0) is 43.2. The molecule has 19 heteroatoms. The number of imide groups is 2. The van der Waals surface area contributed by atoms with Crippen molar-refractivity contribution in [1.29, 1.82) is 0 Å². The van der Waals surface area contributed by atoms with E-state index >= 15 is 0 Å². The molecule has 19 nitrogen and oxygen atoms in total. The maximum Gasteiger partial charge on any atom is 0.418 e. The van der Waals surface area contributed by atoms with Gasteiger partial charge in [-0.2, -0.15) is 0 Å². The van der Waals surface area contributed by atoms with E-state index in [4.69, 9.17) is 14.6 Å². The normalized spacial score (nSPS) is 27.3. The number of amides is 9. The second-order valence-corrected chi connectivity index (χ2v) is 16.9. The van der Waals surface area contributed by atoms with Crippen LogP contribution in [-0.2, 0) is 52.7 Å². The molecule has 4 heterocycles. The molecule has 0 radical (unpaired) electrons. The van der Waals surface area contributed by atoms with E-state index in [1.54, 1.807) is 36.4 Å². The van der Waals surface area contributed by atoms with Crippen molar-refractivity contribution < 1.29 is 52.9 Å². The SMILES string of the molecule is C.C.C1CC2CC1CN2.CNC(=O)Nc1ccc2c(c1)CCC21OC(=O)N(CC(=O)N2CC3CCC2C3)C1=O.CNC(=O)Nc1ccc2c(c1)CCC21OC(=O)N(CC(=O)O)C1=O. The molecule has 2 saturated carbocycles. The van der Waals surface area contributed by atoms with Gasteiger partial charge in [0.2, 0.25) is 17.1 Å². The number of fused-ring (bicyclic) bond motifs is 8. The Labute approximate surface area is 365 Å². The number of carboxylic acid groups (broad SMARTS) is 1. The molecule has 4 bridgehead atoms. The minimum atomic E-state index is -1.46. The molecule has 6 N–H and O–H groups in total. The number of benzene rings is 2. The van der Waals surface area contributed by atoms with Crippen molar-refractivity contribution in [2.45, 2.75) is 102 Å². The molecular formula is C44H58N8O11. The summed E-state index contributed by atoms with van der Waals surface area (Å²) in [5.74, 6) is -1.01. The Kier molecular flexibility index (Phi) is 13.4. The summed E-state index contributed by atoms with van der Waals surface area (Å²) < 4.78 is 10.9. The minimum absolute atomic E-state index is 0. The Morgan fingerprint density at radius 3 is 1.63 bits per heavy atom. The molecule has 4 aliphatic heterocycles. The first-order valence-corrected chi connectivity index (χ1v) is 20.8. The van der Waals surface area contributed by atoms with Gasteiger partial charge in [0.25, 0.3) is 11.8 Å². The molecule has 2 aromatic carbocycles. The number of aryl methyl sites for hydroxylation is 2. The van der Waals surface area contributed by atoms with E-state index in [2.05, 4.69) is 26.6 Å². The summed E-state index contributed by atoms with van der Waals surface area (Å²) in [6.45, 7) is 1.03. The molecule has 9 amide bonds. The van der Waals surface area contributed by atoms with E-state index < -0.39 is 47.7 Å². The van der Waals surface area contributed by atoms with Crippen LogP contribution in [0.1, 0.15) is 88.5 Å². The lowest BCUT2D eigenvalue weighted by Crippen LogP contribution is -2.46. The number of nitrogens with zero attached hydrogens (tertiary/aromatic N) is 3. The molecule has 0 aromatic heterocycles. The van der Waals surface area contributed by atoms with Crippen LogP contribution in [0.4, 0.5) is 30.6 Å². The Morgan fingerprint density at radius 1 is 0.730 bits per heavy atom. The van der Waals surface area contributed by atoms with Gasteiger partial charge in [-0.1, -0.05) is 27.0 Å². The fourth-order valence-electron chi connectivity index (χ4n) is 10.2. The molecule has 340 valence electrons. The highest BCUT2D eigenvalue weighted by Gasteiger charge is 2.60. The number of ether oxygens (including phenoxy) is 2. The van der Waals surface area contributed by atoms with Crippen LogP contribution in [-0.4, -0.2) is 120 Å². The number of piperidine rings is 2. The van der Waals surface area contributed by atoms with Gasteiger partial charge in [0.05, 0.1) is 0 Å². The van der Waals surface area contributed by atoms with Crippen molar-refractivity contribution in [2.24, 2.45) is 11.8 Å². The Bertz CT molecular complexity index is 2180. The molecular weight excluding hydrogens is 817 g/mol. The number of hydrogen-bond acceptors (Lipinski definition) is 11. The van der Waals surface area contributed by atoms with E-state index in [1.165, 1.54) is 39.9 Å². The third kappa shape index (κ3) is 8.62. The topological polar surface area (TPSA) is 245 Å². The number of aliphatic carboxylic acids is 1. The molecule has 2 spiro atoms. The number of carboxylic acids is 1. The summed E-state index contributed by atoms with van der Waals surface area (Å²) in [4.78, 5) is 100. The summed E-state index contributed by atoms with van der Waals surface area (Å²) in [5, 5.41) is 22.5. The smallest absolute Gasteiger partial charge is 0.418 e. The molecule has 8 aliphatic rings. The maximum absolute atomic E-state index is 13.3. The fraction of sp³-hybridized carbons (Fsp3) is 0.545. The molecule has 2 aromatic rings. The third-order valence-corrected chi connectivity index (χ3v) is 13.2. The van der Waals surface area contributed by atoms with Crippen molar-refractivity contribution in [3.63, 3.8) is 0 Å². The zero-order valence-corrected chi connectivity index (χ0v) is 34.0. The number of rotatable bonds is 6. The van der Waals surface area contributed by atoms with Gasteiger partial charge < -0.3 is 46.1 Å². The van der Waals surface area contributed by atoms with E-state index in [1.807, 2.05) is 4.90 Å². The van der Waals surface area contributed by atoms with Crippen molar-refractivity contribution in [1.82, 2.24) is 30.7 Å². The van der Waals surface area contributed by atoms with E-state index in [-0.39, 0.29) is 51.8 Å². The van der Waals surface area contributed by atoms with Gasteiger partial charge in [0, 0.05) is 68.1 Å². The van der Waals surface area contributed by atoms with E-state index in [0.717, 1.165) is 53.8 Å². The lowest BCUT2D eigenvalue weighted by atomic mass is 9.94. The Balaban J connectivity index is 0.000000179. The largest absolute Gasteiger partial charge is 0.480 e. The number of likely N-dealkylation sites (tertiary alicyclic amines) is 1. The fourth-order valence-corrected chi connectivity index (χ4v) is 10.2. The van der Waals surface area contributed by atoms with E-state index in [9.17, 15) is 38.4 Å². The number of carbonyl (C=O) groups is 8. The summed E-state index contributed by atoms with van der Waals surface area (Å²) in [7, 11) is 3.02. The lowest BCUT2D eigenvalue weighted by Gasteiger charge is -2.28. The zero-order valence-electron chi connectivity index (χ0n) is 34.0. The van der Waals surface area contributed by atoms with Gasteiger partial charge in [0.15, 0.2) is 0 Å². The van der Waals surface area contributed by atoms with Crippen molar-refractivity contribution in [3.05, 3.63) is 58.7 Å². The number of nitrogens with one attached hydrogen (secondary N) is 5. The van der Waals surface area contributed by atoms with Crippen molar-refractivity contribution in [2.75, 3.05) is 50.9 Å². The average molecular weight is 875 g/mol. The standard InChI is InChI=1S/C21H24N4O5.C15H15N3O6.C6H11N.2CH4/c1-22-19(28)23-14-3-5-16-13(9-14)6-7-21(16)18(27)25(20(29)30-21)11-17(26)24-10-12-2-4-15(24)8-12;1-16-13(22)17-9-2-3-10-8(6-9)4-5-15(10)12(21)18(7-11(19)20)14(23)24-15;1-2-6-3-5(1)4-7-6;;/h3,5,9,12,15H,2,4,6-8,10-11H2,1H3,(H2,22,23,28);2-3,6H,4-5,7H2,1H3,(H,19,20)(H2,16,17,22);5-7H,1-4H2;2*1H4. The number of carbonyl (C=O) groups excluding carboxylic acids is 7. The average Bonchev–Trinajstić information content (AvgIpc) is 4.14. The quantitative estimate of drug-likeness (QED) is 0.239. The third-order valence-electron chi connectivity index (χ3n) is 13.2. The van der Waals surface area contributed by atoms with Crippen LogP contribution in [0.25, 0.3) is 0 Å². The molecule has 6 atom stereocenters. The first kappa shape index (κ1) is 46.3. The van der Waals surface area contributed by atoms with Crippen LogP contribution in [0.5, 0.6) is 0 Å². The van der Waals surface area contributed by atoms with Gasteiger partial charge in [0.1, 0.15) is 13.1 Å². The monoisotopic (exact) mass is 874 g/mol. The number of hydrogen-bond donors (Lipinski definition) is 6. The molecule has 6 fully saturated rings. The first-order chi connectivity index (χ1) is 29.2. The lowest BCUT2D eigenvalue weighted by molar-refractivity contribution is -0.144. The van der Waals surface area contributed by atoms with Gasteiger partial charge in [-0.15, -0.1) is 0 Å². The highest BCUT2D eigenvalue weighted by Crippen LogP contribution is 2.47. The van der Waals surface area contributed by atoms with Crippen LogP contribution in [0, 0.1) is 11.8 Å². The molecule has 63 heavy (non-hydrogen) atoms. The van der Waals surface area contributed by atoms with Gasteiger partial charge in [-0.3, -0.25) is 19.2 Å².